The number of nitro benzene ring substituents is 1. The molecule has 0 fully saturated rings. The number of aromatic nitrogens is 1. The summed E-state index contributed by atoms with van der Waals surface area (Å²) in [7, 11) is 0. The fourth-order valence-corrected chi connectivity index (χ4v) is 2.11. The molecule has 0 saturated carbocycles. The zero-order valence-corrected chi connectivity index (χ0v) is 12.0. The normalized spacial score (nSPS) is 10.3. The van der Waals surface area contributed by atoms with E-state index in [2.05, 4.69) is 0 Å². The number of nitrogens with zero attached hydrogens (tertiary/aromatic N) is 2. The number of non-ortho nitro benzene ring substituents is 1. The molecule has 0 amide bonds. The summed E-state index contributed by atoms with van der Waals surface area (Å²) < 4.78 is 7.16. The van der Waals surface area contributed by atoms with Gasteiger partial charge in [-0.1, -0.05) is 6.07 Å². The number of hydrogen-bond acceptors (Lipinski definition) is 4. The smallest absolute Gasteiger partial charge is 0.343 e. The van der Waals surface area contributed by atoms with Gasteiger partial charge in [0.1, 0.15) is 5.75 Å². The zero-order chi connectivity index (χ0) is 16.2. The van der Waals surface area contributed by atoms with Crippen LogP contribution in [-0.4, -0.2) is 15.5 Å². The highest BCUT2D eigenvalue weighted by molar-refractivity contribution is 5.91. The Morgan fingerprint density at radius 2 is 1.70 bits per heavy atom. The summed E-state index contributed by atoms with van der Waals surface area (Å²) in [4.78, 5) is 22.2. The maximum absolute atomic E-state index is 12.1. The number of benzene rings is 2. The Hall–Kier alpha value is -3.41. The molecule has 6 heteroatoms. The van der Waals surface area contributed by atoms with E-state index in [0.29, 0.717) is 5.75 Å². The predicted octanol–water partition coefficient (Wildman–Crippen LogP) is 3.60. The maximum Gasteiger partial charge on any atom is 0.343 e. The molecular weight excluding hydrogens is 296 g/mol. The first-order valence-corrected chi connectivity index (χ1v) is 6.83. The van der Waals surface area contributed by atoms with Gasteiger partial charge in [0.05, 0.1) is 10.5 Å². The van der Waals surface area contributed by atoms with Gasteiger partial charge >= 0.3 is 5.97 Å². The number of esters is 1. The van der Waals surface area contributed by atoms with Crippen LogP contribution in [0.4, 0.5) is 5.69 Å². The number of carbonyl (C=O) groups excluding carboxylic acids is 1. The van der Waals surface area contributed by atoms with Crippen molar-refractivity contribution in [3.8, 4) is 11.4 Å². The molecule has 0 bridgehead atoms. The molecular formula is C17H12N2O4. The first-order valence-electron chi connectivity index (χ1n) is 6.83. The molecule has 0 N–H and O–H groups in total. The van der Waals surface area contributed by atoms with Crippen molar-refractivity contribution in [2.45, 2.75) is 0 Å². The molecule has 3 rings (SSSR count). The van der Waals surface area contributed by atoms with Gasteiger partial charge in [-0.3, -0.25) is 10.1 Å². The summed E-state index contributed by atoms with van der Waals surface area (Å²) in [5.74, 6) is -0.264. The van der Waals surface area contributed by atoms with Gasteiger partial charge < -0.3 is 9.30 Å². The maximum atomic E-state index is 12.1. The molecule has 6 nitrogen and oxygen atoms in total. The summed E-state index contributed by atoms with van der Waals surface area (Å²) >= 11 is 0. The fraction of sp³-hybridized carbons (Fsp3) is 0. The van der Waals surface area contributed by atoms with Crippen LogP contribution >= 0.6 is 0 Å². The average molecular weight is 308 g/mol. The number of rotatable bonds is 4. The summed E-state index contributed by atoms with van der Waals surface area (Å²) in [6.45, 7) is 0. The summed E-state index contributed by atoms with van der Waals surface area (Å²) in [5, 5.41) is 10.7. The van der Waals surface area contributed by atoms with Gasteiger partial charge in [0.2, 0.25) is 0 Å². The van der Waals surface area contributed by atoms with E-state index in [1.54, 1.807) is 12.1 Å². The lowest BCUT2D eigenvalue weighted by Crippen LogP contribution is -2.08. The third-order valence-corrected chi connectivity index (χ3v) is 3.24. The quantitative estimate of drug-likeness (QED) is 0.319. The van der Waals surface area contributed by atoms with E-state index in [1.807, 2.05) is 41.2 Å². The molecule has 114 valence electrons. The van der Waals surface area contributed by atoms with Gasteiger partial charge in [-0.05, 0) is 42.5 Å². The van der Waals surface area contributed by atoms with Crippen LogP contribution in [0.2, 0.25) is 0 Å². The highest BCUT2D eigenvalue weighted by atomic mass is 16.6. The second-order valence-corrected chi connectivity index (χ2v) is 4.78. The molecule has 23 heavy (non-hydrogen) atoms. The number of hydrogen-bond donors (Lipinski definition) is 0. The molecule has 0 atom stereocenters. The second-order valence-electron chi connectivity index (χ2n) is 4.78. The van der Waals surface area contributed by atoms with E-state index in [0.717, 1.165) is 5.69 Å². The summed E-state index contributed by atoms with van der Waals surface area (Å²) in [6.07, 6.45) is 3.81. The van der Waals surface area contributed by atoms with Crippen molar-refractivity contribution in [1.29, 1.82) is 0 Å². The van der Waals surface area contributed by atoms with Crippen molar-refractivity contribution in [1.82, 2.24) is 4.57 Å². The highest BCUT2D eigenvalue weighted by Gasteiger charge is 2.13. The third-order valence-electron chi connectivity index (χ3n) is 3.24. The van der Waals surface area contributed by atoms with Crippen molar-refractivity contribution < 1.29 is 14.5 Å². The minimum absolute atomic E-state index is 0.133. The predicted molar refractivity (Wildman–Crippen MR) is 83.8 cm³/mol. The lowest BCUT2D eigenvalue weighted by atomic mass is 10.2. The van der Waals surface area contributed by atoms with Gasteiger partial charge in [-0.25, -0.2) is 4.79 Å². The zero-order valence-electron chi connectivity index (χ0n) is 12.0. The Bertz CT molecular complexity index is 839. The van der Waals surface area contributed by atoms with Crippen LogP contribution < -0.4 is 4.74 Å². The minimum Gasteiger partial charge on any atom is -0.423 e. The van der Waals surface area contributed by atoms with Gasteiger partial charge in [0.15, 0.2) is 0 Å². The standard InChI is InChI=1S/C17H12N2O4/c20-17(13-4-3-5-15(12-13)19(21)22)23-16-8-6-14(7-9-16)18-10-1-2-11-18/h1-12H. The first-order chi connectivity index (χ1) is 11.1. The van der Waals surface area contributed by atoms with Crippen LogP contribution in [0.3, 0.4) is 0 Å². The van der Waals surface area contributed by atoms with Crippen molar-refractivity contribution in [3.63, 3.8) is 0 Å². The van der Waals surface area contributed by atoms with Crippen molar-refractivity contribution in [2.24, 2.45) is 0 Å². The van der Waals surface area contributed by atoms with Crippen LogP contribution in [-0.2, 0) is 0 Å². The van der Waals surface area contributed by atoms with Crippen molar-refractivity contribution >= 4 is 11.7 Å². The molecule has 0 aliphatic heterocycles. The Morgan fingerprint density at radius 3 is 2.35 bits per heavy atom. The Kier molecular flexibility index (Phi) is 3.88. The Labute approximate surface area is 131 Å². The number of ether oxygens (including phenoxy) is 1. The molecule has 0 spiro atoms. The van der Waals surface area contributed by atoms with E-state index in [1.165, 1.54) is 24.3 Å². The molecule has 0 aliphatic carbocycles. The van der Waals surface area contributed by atoms with Crippen LogP contribution in [0.25, 0.3) is 5.69 Å². The second kappa shape index (κ2) is 6.15. The largest absolute Gasteiger partial charge is 0.423 e. The average Bonchev–Trinajstić information content (AvgIpc) is 3.10. The Morgan fingerprint density at radius 1 is 1.00 bits per heavy atom. The van der Waals surface area contributed by atoms with E-state index in [9.17, 15) is 14.9 Å². The van der Waals surface area contributed by atoms with E-state index in [-0.39, 0.29) is 11.3 Å². The van der Waals surface area contributed by atoms with E-state index < -0.39 is 10.9 Å². The molecule has 1 aromatic heterocycles. The number of carbonyl (C=O) groups is 1. The number of nitro groups is 1. The van der Waals surface area contributed by atoms with Gasteiger partial charge in [-0.2, -0.15) is 0 Å². The molecule has 2 aromatic carbocycles. The molecule has 1 heterocycles. The third kappa shape index (κ3) is 3.26. The Balaban J connectivity index is 1.75. The molecule has 3 aromatic rings. The first kappa shape index (κ1) is 14.5. The van der Waals surface area contributed by atoms with Crippen LogP contribution in [0, 0.1) is 10.1 Å². The summed E-state index contributed by atoms with van der Waals surface area (Å²) in [6, 6.07) is 16.2. The molecule has 0 aliphatic rings. The lowest BCUT2D eigenvalue weighted by Gasteiger charge is -2.06. The van der Waals surface area contributed by atoms with Crippen LogP contribution in [0.15, 0.2) is 73.1 Å². The minimum atomic E-state index is -0.637. The van der Waals surface area contributed by atoms with Crippen molar-refractivity contribution in [2.75, 3.05) is 0 Å². The van der Waals surface area contributed by atoms with E-state index >= 15 is 0 Å². The van der Waals surface area contributed by atoms with Crippen LogP contribution in [0.1, 0.15) is 10.4 Å². The van der Waals surface area contributed by atoms with Gasteiger partial charge in [0, 0.05) is 30.2 Å². The SMILES string of the molecule is O=C(Oc1ccc(-n2cccc2)cc1)c1cccc([N+](=O)[O-])c1. The van der Waals surface area contributed by atoms with Crippen LogP contribution in [0.5, 0.6) is 5.75 Å². The topological polar surface area (TPSA) is 74.4 Å². The molecule has 0 saturated heterocycles. The van der Waals surface area contributed by atoms with Gasteiger partial charge in [0.25, 0.3) is 5.69 Å². The van der Waals surface area contributed by atoms with Gasteiger partial charge in [-0.15, -0.1) is 0 Å². The fourth-order valence-electron chi connectivity index (χ4n) is 2.11. The molecule has 0 unspecified atom stereocenters. The lowest BCUT2D eigenvalue weighted by molar-refractivity contribution is -0.384. The van der Waals surface area contributed by atoms with E-state index in [4.69, 9.17) is 4.74 Å². The highest BCUT2D eigenvalue weighted by Crippen LogP contribution is 2.18. The monoisotopic (exact) mass is 308 g/mol. The van der Waals surface area contributed by atoms with Crippen molar-refractivity contribution in [3.05, 3.63) is 88.7 Å². The summed E-state index contributed by atoms with van der Waals surface area (Å²) in [5.41, 5.74) is 0.918. The molecule has 0 radical (unpaired) electrons.